The summed E-state index contributed by atoms with van der Waals surface area (Å²) in [5.41, 5.74) is 9.78. The first kappa shape index (κ1) is 14.0. The molecule has 2 heteroatoms. The average Bonchev–Trinajstić information content (AvgIpc) is 2.37. The number of hydrogen-bond donors (Lipinski definition) is 1. The lowest BCUT2D eigenvalue weighted by molar-refractivity contribution is 0.441. The normalized spacial score (nSPS) is 14.5. The largest absolute Gasteiger partial charge is 0.324 e. The molecule has 2 nitrogen and oxygen atoms in total. The van der Waals surface area contributed by atoms with Crippen LogP contribution in [0, 0.1) is 12.8 Å². The molecule has 0 aliphatic carbocycles. The maximum Gasteiger partial charge on any atom is 0.0708 e. The maximum absolute atomic E-state index is 6.43. The van der Waals surface area contributed by atoms with Gasteiger partial charge in [0, 0.05) is 17.1 Å². The van der Waals surface area contributed by atoms with E-state index < -0.39 is 0 Å². The van der Waals surface area contributed by atoms with Gasteiger partial charge in [0.2, 0.25) is 0 Å². The Morgan fingerprint density at radius 2 is 2.00 bits per heavy atom. The number of aryl methyl sites for hydroxylation is 1. The number of para-hydroxylation sites is 1. The number of pyridine rings is 1. The van der Waals surface area contributed by atoms with Crippen molar-refractivity contribution in [2.45, 2.75) is 46.1 Å². The van der Waals surface area contributed by atoms with Crippen molar-refractivity contribution in [3.8, 4) is 0 Å². The van der Waals surface area contributed by atoms with Crippen LogP contribution >= 0.6 is 0 Å². The summed E-state index contributed by atoms with van der Waals surface area (Å²) < 4.78 is 0. The van der Waals surface area contributed by atoms with Crippen molar-refractivity contribution in [1.82, 2.24) is 4.98 Å². The number of rotatable bonds is 5. The third kappa shape index (κ3) is 3.32. The van der Waals surface area contributed by atoms with Crippen LogP contribution in [0.5, 0.6) is 0 Å². The Kier molecular flexibility index (Phi) is 4.54. The summed E-state index contributed by atoms with van der Waals surface area (Å²) in [6, 6.07) is 10.5. The molecular weight excluding hydrogens is 232 g/mol. The fourth-order valence-corrected chi connectivity index (χ4v) is 2.82. The van der Waals surface area contributed by atoms with Gasteiger partial charge in [0.15, 0.2) is 0 Å². The fourth-order valence-electron chi connectivity index (χ4n) is 2.82. The molecule has 0 saturated heterocycles. The molecule has 1 aromatic carbocycles. The number of nitrogens with zero attached hydrogens (tertiary/aromatic N) is 1. The van der Waals surface area contributed by atoms with E-state index in [-0.39, 0.29) is 6.04 Å². The molecule has 1 heterocycles. The fraction of sp³-hybridized carbons (Fsp3) is 0.471. The van der Waals surface area contributed by atoms with Crippen LogP contribution in [0.1, 0.15) is 50.4 Å². The number of fused-ring (bicyclic) bond motifs is 1. The van der Waals surface area contributed by atoms with E-state index in [1.807, 2.05) is 13.0 Å². The Hall–Kier alpha value is -1.41. The van der Waals surface area contributed by atoms with Gasteiger partial charge in [-0.3, -0.25) is 4.98 Å². The van der Waals surface area contributed by atoms with E-state index in [4.69, 9.17) is 5.73 Å². The van der Waals surface area contributed by atoms with E-state index in [1.165, 1.54) is 23.8 Å². The van der Waals surface area contributed by atoms with Crippen molar-refractivity contribution in [3.63, 3.8) is 0 Å². The van der Waals surface area contributed by atoms with Crippen molar-refractivity contribution in [1.29, 1.82) is 0 Å². The highest BCUT2D eigenvalue weighted by molar-refractivity contribution is 5.82. The minimum Gasteiger partial charge on any atom is -0.324 e. The van der Waals surface area contributed by atoms with E-state index in [1.54, 1.807) is 0 Å². The lowest BCUT2D eigenvalue weighted by atomic mass is 9.91. The van der Waals surface area contributed by atoms with Crippen LogP contribution in [0.3, 0.4) is 0 Å². The summed E-state index contributed by atoms with van der Waals surface area (Å²) in [7, 11) is 0. The van der Waals surface area contributed by atoms with Crippen molar-refractivity contribution in [3.05, 3.63) is 41.6 Å². The van der Waals surface area contributed by atoms with Crippen LogP contribution in [-0.2, 0) is 0 Å². The number of hydrogen-bond acceptors (Lipinski definition) is 2. The van der Waals surface area contributed by atoms with Crippen LogP contribution < -0.4 is 5.73 Å². The van der Waals surface area contributed by atoms with Gasteiger partial charge in [-0.1, -0.05) is 44.9 Å². The Labute approximate surface area is 116 Å². The summed E-state index contributed by atoms with van der Waals surface area (Å²) in [5.74, 6) is 0.673. The van der Waals surface area contributed by atoms with Gasteiger partial charge in [-0.25, -0.2) is 0 Å². The van der Waals surface area contributed by atoms with E-state index in [0.717, 1.165) is 17.6 Å². The predicted octanol–water partition coefficient (Wildman–Crippen LogP) is 4.37. The maximum atomic E-state index is 6.43. The van der Waals surface area contributed by atoms with Crippen molar-refractivity contribution in [2.75, 3.05) is 0 Å². The Morgan fingerprint density at radius 1 is 1.26 bits per heavy atom. The predicted molar refractivity (Wildman–Crippen MR) is 82.1 cm³/mol. The topological polar surface area (TPSA) is 38.9 Å². The molecule has 0 aliphatic heterocycles. The molecule has 0 saturated carbocycles. The second kappa shape index (κ2) is 6.16. The second-order valence-corrected chi connectivity index (χ2v) is 5.61. The summed E-state index contributed by atoms with van der Waals surface area (Å²) in [6.07, 6.45) is 3.51. The average molecular weight is 256 g/mol. The number of aromatic nitrogens is 1. The van der Waals surface area contributed by atoms with Gasteiger partial charge in [-0.2, -0.15) is 0 Å². The van der Waals surface area contributed by atoms with Crippen LogP contribution in [0.15, 0.2) is 30.3 Å². The molecule has 2 N–H and O–H groups in total. The monoisotopic (exact) mass is 256 g/mol. The highest BCUT2D eigenvalue weighted by Crippen LogP contribution is 2.28. The lowest BCUT2D eigenvalue weighted by Gasteiger charge is -2.19. The molecule has 0 fully saturated rings. The highest BCUT2D eigenvalue weighted by atomic mass is 14.7. The molecule has 2 rings (SSSR count). The van der Waals surface area contributed by atoms with Crippen molar-refractivity contribution >= 4 is 10.9 Å². The van der Waals surface area contributed by atoms with Gasteiger partial charge in [0.05, 0.1) is 5.52 Å². The molecule has 0 aliphatic rings. The van der Waals surface area contributed by atoms with Gasteiger partial charge in [0.25, 0.3) is 0 Å². The zero-order chi connectivity index (χ0) is 13.8. The first-order chi connectivity index (χ1) is 9.11. The number of nitrogens with two attached hydrogens (primary N) is 1. The van der Waals surface area contributed by atoms with Gasteiger partial charge in [-0.15, -0.1) is 0 Å². The number of benzene rings is 1. The van der Waals surface area contributed by atoms with Crippen molar-refractivity contribution < 1.29 is 0 Å². The minimum absolute atomic E-state index is 0.105. The Balaban J connectivity index is 2.33. The first-order valence-corrected chi connectivity index (χ1v) is 7.23. The van der Waals surface area contributed by atoms with Gasteiger partial charge in [0.1, 0.15) is 0 Å². The van der Waals surface area contributed by atoms with Crippen LogP contribution in [0.4, 0.5) is 0 Å². The van der Waals surface area contributed by atoms with E-state index in [2.05, 4.69) is 43.1 Å². The third-order valence-corrected chi connectivity index (χ3v) is 3.71. The molecule has 2 atom stereocenters. The van der Waals surface area contributed by atoms with E-state index in [9.17, 15) is 0 Å². The summed E-state index contributed by atoms with van der Waals surface area (Å²) >= 11 is 0. The molecule has 0 amide bonds. The quantitative estimate of drug-likeness (QED) is 0.862. The molecule has 0 bridgehead atoms. The van der Waals surface area contributed by atoms with E-state index in [0.29, 0.717) is 5.92 Å². The molecule has 0 radical (unpaired) electrons. The van der Waals surface area contributed by atoms with Crippen molar-refractivity contribution in [2.24, 2.45) is 11.7 Å². The Morgan fingerprint density at radius 3 is 2.74 bits per heavy atom. The van der Waals surface area contributed by atoms with Gasteiger partial charge in [-0.05, 0) is 37.0 Å². The highest BCUT2D eigenvalue weighted by Gasteiger charge is 2.14. The summed E-state index contributed by atoms with van der Waals surface area (Å²) in [5, 5.41) is 1.20. The first-order valence-electron chi connectivity index (χ1n) is 7.23. The molecule has 0 spiro atoms. The van der Waals surface area contributed by atoms with Crippen LogP contribution in [0.25, 0.3) is 10.9 Å². The second-order valence-electron chi connectivity index (χ2n) is 5.61. The molecular formula is C17H24N2. The molecule has 2 aromatic rings. The summed E-state index contributed by atoms with van der Waals surface area (Å²) in [4.78, 5) is 4.58. The molecule has 1 aromatic heterocycles. The van der Waals surface area contributed by atoms with Crippen LogP contribution in [0.2, 0.25) is 0 Å². The summed E-state index contributed by atoms with van der Waals surface area (Å²) in [6.45, 7) is 6.56. The van der Waals surface area contributed by atoms with E-state index >= 15 is 0 Å². The molecule has 2 unspecified atom stereocenters. The molecule has 19 heavy (non-hydrogen) atoms. The smallest absolute Gasteiger partial charge is 0.0708 e. The minimum atomic E-state index is 0.105. The third-order valence-electron chi connectivity index (χ3n) is 3.71. The van der Waals surface area contributed by atoms with Crippen LogP contribution in [-0.4, -0.2) is 4.98 Å². The van der Waals surface area contributed by atoms with Gasteiger partial charge < -0.3 is 5.73 Å². The zero-order valence-electron chi connectivity index (χ0n) is 12.2. The standard InChI is InChI=1S/C17H24N2/c1-4-7-12(2)10-16(18)15-11-13(3)19-17-9-6-5-8-14(15)17/h5-6,8-9,11-12,16H,4,7,10,18H2,1-3H3. The SMILES string of the molecule is CCCC(C)CC(N)c1cc(C)nc2ccccc12. The zero-order valence-corrected chi connectivity index (χ0v) is 12.2. The Bertz CT molecular complexity index is 548. The van der Waals surface area contributed by atoms with Gasteiger partial charge >= 0.3 is 0 Å². The molecule has 102 valence electrons. The lowest BCUT2D eigenvalue weighted by Crippen LogP contribution is -2.15.